The summed E-state index contributed by atoms with van der Waals surface area (Å²) in [5, 5.41) is 1.53. The summed E-state index contributed by atoms with van der Waals surface area (Å²) in [4.78, 5) is 15.8. The SMILES string of the molecule is COc1cc2ccccc2c(C(=O)N=C(N)N)c1OC. The molecular weight excluding hydrogens is 258 g/mol. The molecule has 2 aromatic rings. The number of hydrogen-bond acceptors (Lipinski definition) is 3. The van der Waals surface area contributed by atoms with Crippen molar-refractivity contribution < 1.29 is 14.3 Å². The van der Waals surface area contributed by atoms with E-state index in [2.05, 4.69) is 4.99 Å². The van der Waals surface area contributed by atoms with Crippen molar-refractivity contribution in [2.75, 3.05) is 14.2 Å². The molecule has 0 bridgehead atoms. The summed E-state index contributed by atoms with van der Waals surface area (Å²) < 4.78 is 10.5. The summed E-state index contributed by atoms with van der Waals surface area (Å²) in [5.41, 5.74) is 10.8. The fourth-order valence-electron chi connectivity index (χ4n) is 2.04. The molecule has 0 aliphatic rings. The molecule has 2 aromatic carbocycles. The summed E-state index contributed by atoms with van der Waals surface area (Å²) >= 11 is 0. The summed E-state index contributed by atoms with van der Waals surface area (Å²) in [7, 11) is 2.96. The van der Waals surface area contributed by atoms with Gasteiger partial charge in [-0.15, -0.1) is 0 Å². The predicted molar refractivity (Wildman–Crippen MR) is 77.2 cm³/mol. The number of amides is 1. The van der Waals surface area contributed by atoms with Crippen LogP contribution in [0, 0.1) is 0 Å². The molecule has 0 radical (unpaired) electrons. The zero-order valence-electron chi connectivity index (χ0n) is 11.2. The van der Waals surface area contributed by atoms with E-state index in [0.29, 0.717) is 16.9 Å². The van der Waals surface area contributed by atoms with E-state index in [1.807, 2.05) is 18.2 Å². The monoisotopic (exact) mass is 273 g/mol. The number of hydrogen-bond donors (Lipinski definition) is 2. The normalized spacial score (nSPS) is 10.1. The van der Waals surface area contributed by atoms with Crippen LogP contribution in [0.3, 0.4) is 0 Å². The van der Waals surface area contributed by atoms with Gasteiger partial charge in [-0.05, 0) is 16.8 Å². The maximum absolute atomic E-state index is 12.2. The summed E-state index contributed by atoms with van der Waals surface area (Å²) in [6.45, 7) is 0. The number of carbonyl (C=O) groups is 1. The molecule has 6 nitrogen and oxygen atoms in total. The molecular formula is C14H15N3O3. The molecule has 0 aromatic heterocycles. The Morgan fingerprint density at radius 2 is 1.85 bits per heavy atom. The van der Waals surface area contributed by atoms with Gasteiger partial charge in [-0.3, -0.25) is 4.79 Å². The second-order valence-electron chi connectivity index (χ2n) is 4.05. The number of nitrogens with zero attached hydrogens (tertiary/aromatic N) is 1. The van der Waals surface area contributed by atoms with Crippen molar-refractivity contribution in [1.82, 2.24) is 0 Å². The van der Waals surface area contributed by atoms with Gasteiger partial charge in [0.25, 0.3) is 5.91 Å². The molecule has 6 heteroatoms. The average molecular weight is 273 g/mol. The van der Waals surface area contributed by atoms with Gasteiger partial charge in [0, 0.05) is 0 Å². The van der Waals surface area contributed by atoms with Crippen molar-refractivity contribution in [2.24, 2.45) is 16.5 Å². The first-order chi connectivity index (χ1) is 9.58. The van der Waals surface area contributed by atoms with Crippen molar-refractivity contribution in [3.8, 4) is 11.5 Å². The minimum absolute atomic E-state index is 0.274. The van der Waals surface area contributed by atoms with Crippen LogP contribution in [0.4, 0.5) is 0 Å². The number of guanidine groups is 1. The Balaban J connectivity index is 2.83. The Hall–Kier alpha value is -2.76. The van der Waals surface area contributed by atoms with Gasteiger partial charge in [0.15, 0.2) is 17.5 Å². The largest absolute Gasteiger partial charge is 0.493 e. The minimum atomic E-state index is -0.572. The highest BCUT2D eigenvalue weighted by atomic mass is 16.5. The lowest BCUT2D eigenvalue weighted by Gasteiger charge is -2.13. The molecule has 1 amide bonds. The first-order valence-corrected chi connectivity index (χ1v) is 5.86. The predicted octanol–water partition coefficient (Wildman–Crippen LogP) is 1.27. The van der Waals surface area contributed by atoms with E-state index in [-0.39, 0.29) is 11.5 Å². The molecule has 0 fully saturated rings. The van der Waals surface area contributed by atoms with Gasteiger partial charge in [0.05, 0.1) is 19.8 Å². The van der Waals surface area contributed by atoms with Crippen molar-refractivity contribution in [2.45, 2.75) is 0 Å². The van der Waals surface area contributed by atoms with Gasteiger partial charge in [-0.2, -0.15) is 4.99 Å². The highest BCUT2D eigenvalue weighted by molar-refractivity contribution is 6.13. The van der Waals surface area contributed by atoms with Crippen LogP contribution in [-0.4, -0.2) is 26.1 Å². The first-order valence-electron chi connectivity index (χ1n) is 5.86. The first kappa shape index (κ1) is 13.7. The minimum Gasteiger partial charge on any atom is -0.493 e. The molecule has 104 valence electrons. The third-order valence-corrected chi connectivity index (χ3v) is 2.84. The van der Waals surface area contributed by atoms with Crippen molar-refractivity contribution in [3.63, 3.8) is 0 Å². The lowest BCUT2D eigenvalue weighted by atomic mass is 10.0. The Morgan fingerprint density at radius 1 is 1.15 bits per heavy atom. The van der Waals surface area contributed by atoms with Gasteiger partial charge in [0.1, 0.15) is 0 Å². The maximum Gasteiger partial charge on any atom is 0.284 e. The number of aliphatic imine (C=N–C) groups is 1. The number of benzene rings is 2. The van der Waals surface area contributed by atoms with Crippen LogP contribution in [0.25, 0.3) is 10.8 Å². The van der Waals surface area contributed by atoms with Gasteiger partial charge in [-0.25, -0.2) is 0 Å². The average Bonchev–Trinajstić information content (AvgIpc) is 2.44. The van der Waals surface area contributed by atoms with E-state index in [9.17, 15) is 4.79 Å². The summed E-state index contributed by atoms with van der Waals surface area (Å²) in [6, 6.07) is 9.14. The second kappa shape index (κ2) is 5.48. The lowest BCUT2D eigenvalue weighted by molar-refractivity contribution is 0.100. The summed E-state index contributed by atoms with van der Waals surface area (Å²) in [6.07, 6.45) is 0. The number of methoxy groups -OCH3 is 2. The van der Waals surface area contributed by atoms with E-state index < -0.39 is 5.91 Å². The molecule has 0 atom stereocenters. The van der Waals surface area contributed by atoms with Gasteiger partial charge >= 0.3 is 0 Å². The Bertz CT molecular complexity index is 691. The van der Waals surface area contributed by atoms with Crippen LogP contribution >= 0.6 is 0 Å². The third kappa shape index (κ3) is 2.35. The number of fused-ring (bicyclic) bond motifs is 1. The van der Waals surface area contributed by atoms with Crippen LogP contribution in [-0.2, 0) is 0 Å². The highest BCUT2D eigenvalue weighted by Gasteiger charge is 2.20. The van der Waals surface area contributed by atoms with Gasteiger partial charge < -0.3 is 20.9 Å². The molecule has 2 rings (SSSR count). The van der Waals surface area contributed by atoms with Gasteiger partial charge in [0.2, 0.25) is 0 Å². The molecule has 20 heavy (non-hydrogen) atoms. The van der Waals surface area contributed by atoms with E-state index in [1.165, 1.54) is 14.2 Å². The third-order valence-electron chi connectivity index (χ3n) is 2.84. The van der Waals surface area contributed by atoms with Crippen LogP contribution in [0.1, 0.15) is 10.4 Å². The molecule has 0 saturated heterocycles. The smallest absolute Gasteiger partial charge is 0.284 e. The van der Waals surface area contributed by atoms with Crippen LogP contribution in [0.2, 0.25) is 0 Å². The van der Waals surface area contributed by atoms with Crippen LogP contribution in [0.5, 0.6) is 11.5 Å². The van der Waals surface area contributed by atoms with E-state index in [0.717, 1.165) is 5.39 Å². The molecule has 0 aliphatic carbocycles. The van der Waals surface area contributed by atoms with E-state index in [1.54, 1.807) is 12.1 Å². The summed E-state index contributed by atoms with van der Waals surface area (Å²) in [5.74, 6) is -0.123. The fraction of sp³-hybridized carbons (Fsp3) is 0.143. The maximum atomic E-state index is 12.2. The number of ether oxygens (including phenoxy) is 2. The Labute approximate surface area is 116 Å². The van der Waals surface area contributed by atoms with Crippen LogP contribution < -0.4 is 20.9 Å². The zero-order valence-corrected chi connectivity index (χ0v) is 11.2. The highest BCUT2D eigenvalue weighted by Crippen LogP contribution is 2.37. The van der Waals surface area contributed by atoms with Crippen molar-refractivity contribution >= 4 is 22.6 Å². The molecule has 0 unspecified atom stereocenters. The van der Waals surface area contributed by atoms with E-state index >= 15 is 0 Å². The lowest BCUT2D eigenvalue weighted by Crippen LogP contribution is -2.24. The Morgan fingerprint density at radius 3 is 2.45 bits per heavy atom. The quantitative estimate of drug-likeness (QED) is 0.648. The van der Waals surface area contributed by atoms with Gasteiger partial charge in [-0.1, -0.05) is 24.3 Å². The molecule has 0 aliphatic heterocycles. The van der Waals surface area contributed by atoms with Crippen molar-refractivity contribution in [3.05, 3.63) is 35.9 Å². The molecule has 4 N–H and O–H groups in total. The Kier molecular flexibility index (Phi) is 3.74. The second-order valence-corrected chi connectivity index (χ2v) is 4.05. The zero-order chi connectivity index (χ0) is 14.7. The molecule has 0 spiro atoms. The molecule has 0 saturated carbocycles. The fourth-order valence-corrected chi connectivity index (χ4v) is 2.04. The van der Waals surface area contributed by atoms with Crippen molar-refractivity contribution in [1.29, 1.82) is 0 Å². The number of carbonyl (C=O) groups excluding carboxylic acids is 1. The standard InChI is InChI=1S/C14H15N3O3/c1-19-10-7-8-5-3-4-6-9(8)11(12(10)20-2)13(18)17-14(15)16/h3-7H,1-2H3,(H4,15,16,17,18). The van der Waals surface area contributed by atoms with Crippen LogP contribution in [0.15, 0.2) is 35.3 Å². The number of rotatable bonds is 3. The van der Waals surface area contributed by atoms with E-state index in [4.69, 9.17) is 20.9 Å². The topological polar surface area (TPSA) is 99.9 Å². The molecule has 0 heterocycles. The number of nitrogens with two attached hydrogens (primary N) is 2.